The smallest absolute Gasteiger partial charge is 0.272 e. The molecule has 6 heteroatoms. The molecule has 1 saturated heterocycles. The van der Waals surface area contributed by atoms with Crippen molar-refractivity contribution in [2.24, 2.45) is 0 Å². The molecule has 2 heterocycles. The minimum absolute atomic E-state index is 0.00706. The number of carbonyl (C=O) groups is 2. The Bertz CT molecular complexity index is 473. The van der Waals surface area contributed by atoms with Crippen LogP contribution in [0.1, 0.15) is 30.3 Å². The Morgan fingerprint density at radius 2 is 2.30 bits per heavy atom. The highest BCUT2D eigenvalue weighted by Gasteiger charge is 2.20. The number of hydrogen-bond donors (Lipinski definition) is 2. The van der Waals surface area contributed by atoms with Crippen molar-refractivity contribution in [3.05, 3.63) is 24.0 Å². The van der Waals surface area contributed by atoms with E-state index < -0.39 is 0 Å². The number of aromatic nitrogens is 1. The molecule has 2 rings (SSSR count). The molecule has 0 radical (unpaired) electrons. The molecule has 0 aromatic carbocycles. The quantitative estimate of drug-likeness (QED) is 0.855. The highest BCUT2D eigenvalue weighted by atomic mass is 16.2. The highest BCUT2D eigenvalue weighted by Crippen LogP contribution is 2.09. The van der Waals surface area contributed by atoms with E-state index in [1.807, 2.05) is 6.07 Å². The number of hydrogen-bond acceptors (Lipinski definition) is 4. The van der Waals surface area contributed by atoms with Crippen LogP contribution in [0.3, 0.4) is 0 Å². The van der Waals surface area contributed by atoms with Gasteiger partial charge in [0.15, 0.2) is 0 Å². The fourth-order valence-corrected chi connectivity index (χ4v) is 2.03. The van der Waals surface area contributed by atoms with Crippen LogP contribution in [0.5, 0.6) is 0 Å². The van der Waals surface area contributed by atoms with Crippen molar-refractivity contribution in [1.29, 1.82) is 0 Å². The summed E-state index contributed by atoms with van der Waals surface area (Å²) >= 11 is 0. The Morgan fingerprint density at radius 3 is 3.00 bits per heavy atom. The van der Waals surface area contributed by atoms with Crippen molar-refractivity contribution < 1.29 is 9.59 Å². The van der Waals surface area contributed by atoms with Gasteiger partial charge >= 0.3 is 0 Å². The van der Waals surface area contributed by atoms with E-state index in [0.717, 1.165) is 18.7 Å². The standard InChI is InChI=1S/C14H20N4O2/c1-2-6-15-11-3-4-12(17-10-11)14(20)18-8-5-13(19)16-7-9-18/h3-4,10,15H,2,5-9H2,1H3,(H,16,19). The molecule has 0 bridgehead atoms. The van der Waals surface area contributed by atoms with E-state index in [0.29, 0.717) is 31.7 Å². The Hall–Kier alpha value is -2.11. The molecule has 0 spiro atoms. The molecule has 108 valence electrons. The summed E-state index contributed by atoms with van der Waals surface area (Å²) < 4.78 is 0. The molecule has 0 unspecified atom stereocenters. The van der Waals surface area contributed by atoms with Gasteiger partial charge in [0.25, 0.3) is 5.91 Å². The molecule has 1 aliphatic rings. The minimum Gasteiger partial charge on any atom is -0.384 e. The maximum absolute atomic E-state index is 12.3. The van der Waals surface area contributed by atoms with Crippen LogP contribution < -0.4 is 10.6 Å². The van der Waals surface area contributed by atoms with Crippen molar-refractivity contribution in [1.82, 2.24) is 15.2 Å². The Balaban J connectivity index is 1.99. The molecular formula is C14H20N4O2. The van der Waals surface area contributed by atoms with Crippen LogP contribution in [-0.4, -0.2) is 47.9 Å². The second kappa shape index (κ2) is 6.88. The molecule has 0 aliphatic carbocycles. The van der Waals surface area contributed by atoms with Gasteiger partial charge in [-0.05, 0) is 18.6 Å². The van der Waals surface area contributed by atoms with Crippen molar-refractivity contribution in [3.8, 4) is 0 Å². The average Bonchev–Trinajstić information content (AvgIpc) is 2.70. The first-order valence-electron chi connectivity index (χ1n) is 6.96. The van der Waals surface area contributed by atoms with E-state index in [1.54, 1.807) is 17.2 Å². The predicted molar refractivity (Wildman–Crippen MR) is 76.5 cm³/mol. The third-order valence-electron chi connectivity index (χ3n) is 3.16. The number of amides is 2. The topological polar surface area (TPSA) is 74.3 Å². The van der Waals surface area contributed by atoms with E-state index in [2.05, 4.69) is 22.5 Å². The zero-order valence-corrected chi connectivity index (χ0v) is 11.7. The molecular weight excluding hydrogens is 256 g/mol. The number of rotatable bonds is 4. The minimum atomic E-state index is -0.122. The van der Waals surface area contributed by atoms with E-state index in [9.17, 15) is 9.59 Å². The summed E-state index contributed by atoms with van der Waals surface area (Å²) in [6, 6.07) is 3.58. The molecule has 6 nitrogen and oxygen atoms in total. The number of nitrogens with one attached hydrogen (secondary N) is 2. The van der Waals surface area contributed by atoms with Crippen molar-refractivity contribution in [3.63, 3.8) is 0 Å². The fourth-order valence-electron chi connectivity index (χ4n) is 2.03. The second-order valence-electron chi connectivity index (χ2n) is 4.75. The van der Waals surface area contributed by atoms with E-state index in [1.165, 1.54) is 0 Å². The molecule has 1 aromatic rings. The maximum atomic E-state index is 12.3. The van der Waals surface area contributed by atoms with Gasteiger partial charge in [-0.15, -0.1) is 0 Å². The van der Waals surface area contributed by atoms with Gasteiger partial charge in [-0.2, -0.15) is 0 Å². The van der Waals surface area contributed by atoms with Gasteiger partial charge in [0.2, 0.25) is 5.91 Å². The van der Waals surface area contributed by atoms with Gasteiger partial charge < -0.3 is 15.5 Å². The SMILES string of the molecule is CCCNc1ccc(C(=O)N2CCNC(=O)CC2)nc1. The van der Waals surface area contributed by atoms with Gasteiger partial charge in [0.05, 0.1) is 11.9 Å². The van der Waals surface area contributed by atoms with Crippen molar-refractivity contribution in [2.75, 3.05) is 31.5 Å². The normalized spacial score (nSPS) is 15.4. The zero-order valence-electron chi connectivity index (χ0n) is 11.7. The van der Waals surface area contributed by atoms with Crippen molar-refractivity contribution >= 4 is 17.5 Å². The van der Waals surface area contributed by atoms with Gasteiger partial charge in [0, 0.05) is 32.6 Å². The summed E-state index contributed by atoms with van der Waals surface area (Å²) in [6.07, 6.45) is 3.06. The van der Waals surface area contributed by atoms with E-state index in [-0.39, 0.29) is 11.8 Å². The lowest BCUT2D eigenvalue weighted by Crippen LogP contribution is -2.34. The fraction of sp³-hybridized carbons (Fsp3) is 0.500. The lowest BCUT2D eigenvalue weighted by molar-refractivity contribution is -0.120. The Kier molecular flexibility index (Phi) is 4.92. The summed E-state index contributed by atoms with van der Waals surface area (Å²) in [7, 11) is 0. The number of carbonyl (C=O) groups excluding carboxylic acids is 2. The van der Waals surface area contributed by atoms with Crippen LogP contribution >= 0.6 is 0 Å². The molecule has 0 atom stereocenters. The van der Waals surface area contributed by atoms with Crippen LogP contribution in [0.25, 0.3) is 0 Å². The summed E-state index contributed by atoms with van der Waals surface area (Å²) in [4.78, 5) is 29.4. The summed E-state index contributed by atoms with van der Waals surface area (Å²) in [5, 5.41) is 5.96. The average molecular weight is 276 g/mol. The van der Waals surface area contributed by atoms with Gasteiger partial charge in [-0.1, -0.05) is 6.92 Å². The molecule has 0 saturated carbocycles. The first-order valence-corrected chi connectivity index (χ1v) is 6.96. The molecule has 2 amide bonds. The molecule has 1 aliphatic heterocycles. The monoisotopic (exact) mass is 276 g/mol. The summed E-state index contributed by atoms with van der Waals surface area (Å²) in [5.74, 6) is -0.129. The predicted octanol–water partition coefficient (Wildman–Crippen LogP) is 0.866. The van der Waals surface area contributed by atoms with Crippen LogP contribution in [0.4, 0.5) is 5.69 Å². The molecule has 1 aromatic heterocycles. The van der Waals surface area contributed by atoms with Crippen LogP contribution in [0, 0.1) is 0 Å². The third kappa shape index (κ3) is 3.69. The van der Waals surface area contributed by atoms with Gasteiger partial charge in [0.1, 0.15) is 5.69 Å². The lowest BCUT2D eigenvalue weighted by atomic mass is 10.2. The van der Waals surface area contributed by atoms with E-state index in [4.69, 9.17) is 0 Å². The zero-order chi connectivity index (χ0) is 14.4. The first-order chi connectivity index (χ1) is 9.70. The van der Waals surface area contributed by atoms with Crippen LogP contribution in [-0.2, 0) is 4.79 Å². The Morgan fingerprint density at radius 1 is 1.45 bits per heavy atom. The number of pyridine rings is 1. The number of anilines is 1. The van der Waals surface area contributed by atoms with Gasteiger partial charge in [-0.25, -0.2) is 4.98 Å². The molecule has 20 heavy (non-hydrogen) atoms. The third-order valence-corrected chi connectivity index (χ3v) is 3.16. The largest absolute Gasteiger partial charge is 0.384 e. The molecule has 2 N–H and O–H groups in total. The lowest BCUT2D eigenvalue weighted by Gasteiger charge is -2.19. The summed E-state index contributed by atoms with van der Waals surface area (Å²) in [6.45, 7) is 4.45. The first kappa shape index (κ1) is 14.3. The number of nitrogens with zero attached hydrogens (tertiary/aromatic N) is 2. The van der Waals surface area contributed by atoms with Crippen LogP contribution in [0.2, 0.25) is 0 Å². The highest BCUT2D eigenvalue weighted by molar-refractivity contribution is 5.93. The molecule has 1 fully saturated rings. The van der Waals surface area contributed by atoms with Gasteiger partial charge in [-0.3, -0.25) is 9.59 Å². The van der Waals surface area contributed by atoms with Crippen LogP contribution in [0.15, 0.2) is 18.3 Å². The maximum Gasteiger partial charge on any atom is 0.272 e. The summed E-state index contributed by atoms with van der Waals surface area (Å²) in [5.41, 5.74) is 1.33. The Labute approximate surface area is 118 Å². The van der Waals surface area contributed by atoms with Crippen molar-refractivity contribution in [2.45, 2.75) is 19.8 Å². The second-order valence-corrected chi connectivity index (χ2v) is 4.75. The van der Waals surface area contributed by atoms with E-state index >= 15 is 0 Å².